The van der Waals surface area contributed by atoms with Crippen LogP contribution >= 0.6 is 0 Å². The molecule has 0 bridgehead atoms. The van der Waals surface area contributed by atoms with E-state index in [-0.39, 0.29) is 6.07 Å². The van der Waals surface area contributed by atoms with Crippen LogP contribution in [0.5, 0.6) is 0 Å². The van der Waals surface area contributed by atoms with Crippen molar-refractivity contribution in [2.45, 2.75) is 12.3 Å². The number of carboxylic acid groups (broad SMARTS) is 1. The van der Waals surface area contributed by atoms with E-state index in [0.29, 0.717) is 5.56 Å². The number of carboxylic acids is 1. The fraction of sp³-hybridized carbons (Fsp3) is 0.125. The summed E-state index contributed by atoms with van der Waals surface area (Å²) in [5, 5.41) is 10.9. The second-order valence-electron chi connectivity index (χ2n) is 4.90. The Hall–Kier alpha value is -2.90. The van der Waals surface area contributed by atoms with Gasteiger partial charge in [0.25, 0.3) is 0 Å². The summed E-state index contributed by atoms with van der Waals surface area (Å²) in [7, 11) is 0. The minimum absolute atomic E-state index is 0.00431. The van der Waals surface area contributed by atoms with E-state index < -0.39 is 53.2 Å². The number of amides is 1. The van der Waals surface area contributed by atoms with Gasteiger partial charge in [0.2, 0.25) is 5.91 Å². The molecule has 1 unspecified atom stereocenters. The van der Waals surface area contributed by atoms with Crippen LogP contribution in [-0.2, 0) is 9.59 Å². The number of halogens is 4. The molecule has 0 saturated carbocycles. The van der Waals surface area contributed by atoms with E-state index in [1.165, 1.54) is 12.1 Å². The highest BCUT2D eigenvalue weighted by molar-refractivity contribution is 5.94. The highest BCUT2D eigenvalue weighted by atomic mass is 19.2. The third kappa shape index (κ3) is 3.70. The minimum Gasteiger partial charge on any atom is -0.481 e. The van der Waals surface area contributed by atoms with Crippen molar-refractivity contribution in [3.63, 3.8) is 0 Å². The monoisotopic (exact) mass is 341 g/mol. The van der Waals surface area contributed by atoms with Crippen molar-refractivity contribution in [2.24, 2.45) is 0 Å². The van der Waals surface area contributed by atoms with E-state index in [4.69, 9.17) is 0 Å². The van der Waals surface area contributed by atoms with E-state index in [1.807, 2.05) is 0 Å². The number of carbonyl (C=O) groups excluding carboxylic acids is 1. The number of hydrogen-bond donors (Lipinski definition) is 2. The average Bonchev–Trinajstić information content (AvgIpc) is 2.55. The molecule has 0 fully saturated rings. The van der Waals surface area contributed by atoms with Gasteiger partial charge in [0.1, 0.15) is 5.69 Å². The third-order valence-corrected chi connectivity index (χ3v) is 3.27. The van der Waals surface area contributed by atoms with Crippen molar-refractivity contribution in [3.05, 3.63) is 65.2 Å². The van der Waals surface area contributed by atoms with Crippen LogP contribution in [0.1, 0.15) is 17.9 Å². The largest absolute Gasteiger partial charge is 0.481 e. The average molecular weight is 341 g/mol. The van der Waals surface area contributed by atoms with Gasteiger partial charge in [-0.25, -0.2) is 17.6 Å². The van der Waals surface area contributed by atoms with Crippen LogP contribution in [-0.4, -0.2) is 17.0 Å². The number of rotatable bonds is 5. The van der Waals surface area contributed by atoms with Gasteiger partial charge in [-0.15, -0.1) is 0 Å². The van der Waals surface area contributed by atoms with Crippen molar-refractivity contribution < 1.29 is 32.3 Å². The molecule has 0 saturated heterocycles. The van der Waals surface area contributed by atoms with Crippen LogP contribution in [0.25, 0.3) is 0 Å². The molecular weight excluding hydrogens is 330 g/mol. The first-order valence-corrected chi connectivity index (χ1v) is 6.71. The molecule has 4 nitrogen and oxygen atoms in total. The molecule has 0 heterocycles. The lowest BCUT2D eigenvalue weighted by atomic mass is 9.95. The summed E-state index contributed by atoms with van der Waals surface area (Å²) in [6.45, 7) is 0. The molecule has 2 N–H and O–H groups in total. The second-order valence-corrected chi connectivity index (χ2v) is 4.90. The summed E-state index contributed by atoms with van der Waals surface area (Å²) in [5.41, 5.74) is -0.999. The number of carbonyl (C=O) groups is 2. The molecule has 1 amide bonds. The van der Waals surface area contributed by atoms with Gasteiger partial charge in [-0.2, -0.15) is 0 Å². The van der Waals surface area contributed by atoms with Crippen LogP contribution in [0, 0.1) is 23.3 Å². The van der Waals surface area contributed by atoms with Crippen molar-refractivity contribution in [1.82, 2.24) is 0 Å². The Morgan fingerprint density at radius 2 is 1.54 bits per heavy atom. The number of benzene rings is 2. The van der Waals surface area contributed by atoms with E-state index in [2.05, 4.69) is 0 Å². The van der Waals surface area contributed by atoms with Gasteiger partial charge in [-0.05, 0) is 5.56 Å². The minimum atomic E-state index is -1.77. The highest BCUT2D eigenvalue weighted by Crippen LogP contribution is 2.26. The first kappa shape index (κ1) is 17.5. The first-order chi connectivity index (χ1) is 11.3. The van der Waals surface area contributed by atoms with Crippen molar-refractivity contribution in [2.75, 3.05) is 5.32 Å². The number of nitrogens with one attached hydrogen (secondary N) is 1. The Bertz CT molecular complexity index is 754. The summed E-state index contributed by atoms with van der Waals surface area (Å²) < 4.78 is 53.2. The fourth-order valence-corrected chi connectivity index (χ4v) is 2.09. The van der Waals surface area contributed by atoms with Gasteiger partial charge in [-0.1, -0.05) is 30.3 Å². The predicted molar refractivity (Wildman–Crippen MR) is 76.3 cm³/mol. The van der Waals surface area contributed by atoms with Gasteiger partial charge in [0, 0.05) is 12.5 Å². The molecule has 24 heavy (non-hydrogen) atoms. The van der Waals surface area contributed by atoms with Crippen molar-refractivity contribution >= 4 is 17.6 Å². The first-order valence-electron chi connectivity index (χ1n) is 6.71. The molecule has 1 atom stereocenters. The zero-order chi connectivity index (χ0) is 17.9. The van der Waals surface area contributed by atoms with Crippen LogP contribution in [0.4, 0.5) is 23.2 Å². The van der Waals surface area contributed by atoms with E-state index in [1.54, 1.807) is 23.5 Å². The summed E-state index contributed by atoms with van der Waals surface area (Å²) >= 11 is 0. The van der Waals surface area contributed by atoms with Gasteiger partial charge in [0.05, 0.1) is 5.92 Å². The van der Waals surface area contributed by atoms with E-state index >= 15 is 0 Å². The summed E-state index contributed by atoms with van der Waals surface area (Å²) in [5.74, 6) is -10.6. The maximum atomic E-state index is 13.5. The second kappa shape index (κ2) is 7.12. The Morgan fingerprint density at radius 1 is 1.00 bits per heavy atom. The molecule has 0 aliphatic carbocycles. The molecule has 2 rings (SSSR count). The topological polar surface area (TPSA) is 66.4 Å². The van der Waals surface area contributed by atoms with Crippen LogP contribution in [0.3, 0.4) is 0 Å². The van der Waals surface area contributed by atoms with Gasteiger partial charge < -0.3 is 10.4 Å². The maximum Gasteiger partial charge on any atom is 0.311 e. The number of hydrogen-bond acceptors (Lipinski definition) is 2. The lowest BCUT2D eigenvalue weighted by Crippen LogP contribution is -2.22. The summed E-state index contributed by atoms with van der Waals surface area (Å²) in [6.07, 6.45) is -0.670. The zero-order valence-corrected chi connectivity index (χ0v) is 12.0. The SMILES string of the molecule is O=C(CC(C(=O)O)c1ccccc1)Nc1c(F)c(F)cc(F)c1F. The van der Waals surface area contributed by atoms with Gasteiger partial charge in [-0.3, -0.25) is 9.59 Å². The molecule has 0 aromatic heterocycles. The standard InChI is InChI=1S/C16H11F4NO3/c17-10-7-11(18)14(20)15(13(10)19)21-12(22)6-9(16(23)24)8-4-2-1-3-5-8/h1-5,7,9H,6H2,(H,21,22)(H,23,24). The maximum absolute atomic E-state index is 13.5. The lowest BCUT2D eigenvalue weighted by Gasteiger charge is -2.14. The Balaban J connectivity index is 2.23. The Labute approximate surface area is 133 Å². The van der Waals surface area contributed by atoms with Crippen molar-refractivity contribution in [3.8, 4) is 0 Å². The van der Waals surface area contributed by atoms with Crippen LogP contribution < -0.4 is 5.32 Å². The zero-order valence-electron chi connectivity index (χ0n) is 12.0. The van der Waals surface area contributed by atoms with E-state index in [9.17, 15) is 32.3 Å². The quantitative estimate of drug-likeness (QED) is 0.647. The molecular formula is C16H11F4NO3. The molecule has 0 aliphatic heterocycles. The molecule has 0 aliphatic rings. The fourth-order valence-electron chi connectivity index (χ4n) is 2.09. The Morgan fingerprint density at radius 3 is 2.04 bits per heavy atom. The Kier molecular flexibility index (Phi) is 5.18. The van der Waals surface area contributed by atoms with Crippen molar-refractivity contribution in [1.29, 1.82) is 0 Å². The van der Waals surface area contributed by atoms with E-state index in [0.717, 1.165) is 0 Å². The predicted octanol–water partition coefficient (Wildman–Crippen LogP) is 3.44. The third-order valence-electron chi connectivity index (χ3n) is 3.27. The van der Waals surface area contributed by atoms with Gasteiger partial charge >= 0.3 is 5.97 Å². The molecule has 2 aromatic rings. The molecule has 0 radical (unpaired) electrons. The van der Waals surface area contributed by atoms with Crippen LogP contribution in [0.15, 0.2) is 36.4 Å². The highest BCUT2D eigenvalue weighted by Gasteiger charge is 2.26. The van der Waals surface area contributed by atoms with Gasteiger partial charge in [0.15, 0.2) is 23.3 Å². The number of aliphatic carboxylic acids is 1. The molecule has 2 aromatic carbocycles. The molecule has 0 spiro atoms. The number of anilines is 1. The molecule has 126 valence electrons. The smallest absolute Gasteiger partial charge is 0.311 e. The normalized spacial score (nSPS) is 11.8. The summed E-state index contributed by atoms with van der Waals surface area (Å²) in [6, 6.07) is 7.70. The lowest BCUT2D eigenvalue weighted by molar-refractivity contribution is -0.140. The molecule has 8 heteroatoms. The summed E-state index contributed by atoms with van der Waals surface area (Å²) in [4.78, 5) is 23.2. The van der Waals surface area contributed by atoms with Crippen LogP contribution in [0.2, 0.25) is 0 Å².